The maximum absolute atomic E-state index is 13.3. The van der Waals surface area contributed by atoms with E-state index in [9.17, 15) is 14.9 Å². The van der Waals surface area contributed by atoms with Gasteiger partial charge in [0, 0.05) is 30.2 Å². The van der Waals surface area contributed by atoms with Gasteiger partial charge in [-0.2, -0.15) is 0 Å². The second kappa shape index (κ2) is 8.91. The molecule has 0 saturated carbocycles. The summed E-state index contributed by atoms with van der Waals surface area (Å²) < 4.78 is 5.51. The van der Waals surface area contributed by atoms with Crippen LogP contribution < -0.4 is 15.5 Å². The Kier molecular flexibility index (Phi) is 6.33. The molecular formula is C21H26N4O4. The average Bonchev–Trinajstić information content (AvgIpc) is 2.71. The summed E-state index contributed by atoms with van der Waals surface area (Å²) in [5, 5.41) is 15.5. The maximum Gasteiger partial charge on any atom is 0.293 e. The third kappa shape index (κ3) is 4.17. The van der Waals surface area contributed by atoms with Crippen LogP contribution in [0.2, 0.25) is 0 Å². The van der Waals surface area contributed by atoms with E-state index >= 15 is 0 Å². The minimum Gasteiger partial charge on any atom is -0.494 e. The molecular weight excluding hydrogens is 372 g/mol. The van der Waals surface area contributed by atoms with Gasteiger partial charge in [0.25, 0.3) is 5.69 Å². The van der Waals surface area contributed by atoms with E-state index in [0.29, 0.717) is 40.9 Å². The van der Waals surface area contributed by atoms with Crippen LogP contribution in [0.3, 0.4) is 0 Å². The zero-order chi connectivity index (χ0) is 21.0. The molecule has 0 aliphatic heterocycles. The molecule has 0 saturated heterocycles. The second-order valence-electron chi connectivity index (χ2n) is 6.69. The summed E-state index contributed by atoms with van der Waals surface area (Å²) >= 11 is 0. The van der Waals surface area contributed by atoms with Gasteiger partial charge in [0.1, 0.15) is 11.3 Å². The molecule has 0 amide bonds. The molecule has 0 unspecified atom stereocenters. The van der Waals surface area contributed by atoms with Crippen molar-refractivity contribution in [3.05, 3.63) is 50.7 Å². The first-order valence-electron chi connectivity index (χ1n) is 9.86. The number of anilines is 1. The largest absolute Gasteiger partial charge is 0.494 e. The van der Waals surface area contributed by atoms with E-state index in [0.717, 1.165) is 19.6 Å². The number of nitrogens with zero attached hydrogens (tertiary/aromatic N) is 2. The van der Waals surface area contributed by atoms with Crippen molar-refractivity contribution in [3.8, 4) is 5.75 Å². The van der Waals surface area contributed by atoms with E-state index in [1.54, 1.807) is 24.3 Å². The topological polar surface area (TPSA) is 100 Å². The Bertz CT molecular complexity index is 1090. The molecule has 0 aliphatic carbocycles. The molecule has 1 aromatic heterocycles. The Hall–Kier alpha value is -3.13. The smallest absolute Gasteiger partial charge is 0.293 e. The van der Waals surface area contributed by atoms with Crippen LogP contribution in [0, 0.1) is 10.1 Å². The van der Waals surface area contributed by atoms with Crippen LogP contribution in [-0.4, -0.2) is 47.6 Å². The number of nitro benzene ring substituents is 1. The summed E-state index contributed by atoms with van der Waals surface area (Å²) in [6.45, 7) is 9.86. The second-order valence-corrected chi connectivity index (χ2v) is 6.69. The van der Waals surface area contributed by atoms with E-state index in [4.69, 9.17) is 4.74 Å². The fourth-order valence-electron chi connectivity index (χ4n) is 3.49. The summed E-state index contributed by atoms with van der Waals surface area (Å²) in [5.41, 5.74) is 0.966. The van der Waals surface area contributed by atoms with Gasteiger partial charge in [0.15, 0.2) is 5.43 Å². The molecule has 1 heterocycles. The van der Waals surface area contributed by atoms with Crippen molar-refractivity contribution < 1.29 is 9.66 Å². The fraction of sp³-hybridized carbons (Fsp3) is 0.381. The van der Waals surface area contributed by atoms with Crippen molar-refractivity contribution in [2.75, 3.05) is 38.1 Å². The molecule has 8 heteroatoms. The highest BCUT2D eigenvalue weighted by Crippen LogP contribution is 2.30. The lowest BCUT2D eigenvalue weighted by atomic mass is 10.1. The number of ether oxygens (including phenoxy) is 1. The van der Waals surface area contributed by atoms with E-state index in [1.807, 2.05) is 6.92 Å². The standard InChI is InChI=1S/C21H26N4O4/c1-4-24(5-2)12-11-22-17-9-10-18(25(27)28)20-19(17)21(26)15-13-14(29-6-3)7-8-16(15)23-20/h7-10,13,22H,4-6,11-12H2,1-3H3,(H,23,26). The summed E-state index contributed by atoms with van der Waals surface area (Å²) in [4.78, 5) is 29.7. The summed E-state index contributed by atoms with van der Waals surface area (Å²) in [7, 11) is 0. The Balaban J connectivity index is 2.14. The molecule has 154 valence electrons. The molecule has 0 bridgehead atoms. The molecule has 2 N–H and O–H groups in total. The highest BCUT2D eigenvalue weighted by atomic mass is 16.6. The minimum absolute atomic E-state index is 0.123. The lowest BCUT2D eigenvalue weighted by Gasteiger charge is -2.19. The van der Waals surface area contributed by atoms with Crippen molar-refractivity contribution in [2.24, 2.45) is 0 Å². The zero-order valence-corrected chi connectivity index (χ0v) is 16.9. The molecule has 0 atom stereocenters. The molecule has 0 aliphatic rings. The van der Waals surface area contributed by atoms with Crippen molar-refractivity contribution in [2.45, 2.75) is 20.8 Å². The maximum atomic E-state index is 13.3. The van der Waals surface area contributed by atoms with Crippen LogP contribution in [0.4, 0.5) is 11.4 Å². The van der Waals surface area contributed by atoms with Crippen LogP contribution in [0.5, 0.6) is 5.75 Å². The first-order valence-corrected chi connectivity index (χ1v) is 9.86. The van der Waals surface area contributed by atoms with Crippen LogP contribution in [0.25, 0.3) is 21.8 Å². The van der Waals surface area contributed by atoms with Crippen LogP contribution in [-0.2, 0) is 0 Å². The monoisotopic (exact) mass is 398 g/mol. The lowest BCUT2D eigenvalue weighted by molar-refractivity contribution is -0.383. The SMILES string of the molecule is CCOc1ccc2[nH]c3c([N+](=O)[O-])ccc(NCCN(CC)CC)c3c(=O)c2c1. The van der Waals surface area contributed by atoms with E-state index in [2.05, 4.69) is 29.0 Å². The highest BCUT2D eigenvalue weighted by Gasteiger charge is 2.19. The van der Waals surface area contributed by atoms with Gasteiger partial charge in [-0.25, -0.2) is 0 Å². The molecule has 0 fully saturated rings. The van der Waals surface area contributed by atoms with Gasteiger partial charge < -0.3 is 19.9 Å². The number of pyridine rings is 1. The fourth-order valence-corrected chi connectivity index (χ4v) is 3.49. The number of hydrogen-bond acceptors (Lipinski definition) is 6. The number of aromatic nitrogens is 1. The summed E-state index contributed by atoms with van der Waals surface area (Å²) in [5.74, 6) is 0.589. The highest BCUT2D eigenvalue weighted by molar-refractivity contribution is 6.03. The number of nitrogens with one attached hydrogen (secondary N) is 2. The molecule has 29 heavy (non-hydrogen) atoms. The number of rotatable bonds is 9. The van der Waals surface area contributed by atoms with Crippen molar-refractivity contribution in [1.29, 1.82) is 0 Å². The Labute approximate surface area is 168 Å². The molecule has 3 rings (SSSR count). The van der Waals surface area contributed by atoms with E-state index in [-0.39, 0.29) is 16.6 Å². The summed E-state index contributed by atoms with van der Waals surface area (Å²) in [6, 6.07) is 8.17. The predicted octanol–water partition coefficient (Wildman–Crippen LogP) is 3.74. The number of hydrogen-bond donors (Lipinski definition) is 2. The van der Waals surface area contributed by atoms with Gasteiger partial charge in [0.2, 0.25) is 0 Å². The van der Waals surface area contributed by atoms with Crippen molar-refractivity contribution in [3.63, 3.8) is 0 Å². The quantitative estimate of drug-likeness (QED) is 0.323. The Morgan fingerprint density at radius 3 is 2.59 bits per heavy atom. The average molecular weight is 398 g/mol. The first-order chi connectivity index (χ1) is 14.0. The number of aromatic amines is 1. The Morgan fingerprint density at radius 2 is 1.93 bits per heavy atom. The van der Waals surface area contributed by atoms with Gasteiger partial charge in [-0.15, -0.1) is 0 Å². The van der Waals surface area contributed by atoms with Gasteiger partial charge in [-0.05, 0) is 44.3 Å². The minimum atomic E-state index is -0.474. The van der Waals surface area contributed by atoms with E-state index < -0.39 is 4.92 Å². The first kappa shape index (κ1) is 20.6. The predicted molar refractivity (Wildman–Crippen MR) is 116 cm³/mol. The number of non-ortho nitro benzene ring substituents is 1. The number of nitro groups is 1. The van der Waals surface area contributed by atoms with Gasteiger partial charge >= 0.3 is 0 Å². The molecule has 0 spiro atoms. The van der Waals surface area contributed by atoms with Gasteiger partial charge in [0.05, 0.1) is 22.4 Å². The van der Waals surface area contributed by atoms with Crippen LogP contribution in [0.15, 0.2) is 35.1 Å². The number of benzene rings is 2. The van der Waals surface area contributed by atoms with Crippen LogP contribution >= 0.6 is 0 Å². The third-order valence-corrected chi connectivity index (χ3v) is 5.05. The van der Waals surface area contributed by atoms with E-state index in [1.165, 1.54) is 6.07 Å². The zero-order valence-electron chi connectivity index (χ0n) is 16.9. The number of H-pyrrole nitrogens is 1. The van der Waals surface area contributed by atoms with Crippen molar-refractivity contribution in [1.82, 2.24) is 9.88 Å². The molecule has 3 aromatic rings. The van der Waals surface area contributed by atoms with Crippen molar-refractivity contribution >= 4 is 33.2 Å². The molecule has 8 nitrogen and oxygen atoms in total. The van der Waals surface area contributed by atoms with Gasteiger partial charge in [-0.1, -0.05) is 13.8 Å². The van der Waals surface area contributed by atoms with Gasteiger partial charge in [-0.3, -0.25) is 14.9 Å². The normalized spacial score (nSPS) is 11.3. The lowest BCUT2D eigenvalue weighted by Crippen LogP contribution is -2.28. The number of fused-ring (bicyclic) bond motifs is 2. The Morgan fingerprint density at radius 1 is 1.17 bits per heavy atom. The molecule has 2 aromatic carbocycles. The molecule has 0 radical (unpaired) electrons. The summed E-state index contributed by atoms with van der Waals surface area (Å²) in [6.07, 6.45) is 0. The number of likely N-dealkylation sites (N-methyl/N-ethyl adjacent to an activating group) is 1. The third-order valence-electron chi connectivity index (χ3n) is 5.05. The van der Waals surface area contributed by atoms with Crippen LogP contribution in [0.1, 0.15) is 20.8 Å².